The number of rotatable bonds is 2. The molecule has 2 N–H and O–H groups in total. The monoisotopic (exact) mass is 407 g/mol. The van der Waals surface area contributed by atoms with Crippen LogP contribution in [0, 0.1) is 0 Å². The quantitative estimate of drug-likeness (QED) is 0.801. The lowest BCUT2D eigenvalue weighted by molar-refractivity contribution is -0.116. The standard InChI is InChI=1S/C17H18BrN3O4/c1-8(2)21-16-14(17(23)20-21)11(5-13(22)19-16)12-4-10(18)3-9-6-24-7-25-15(9)12/h3-4,8,11H,5-7H2,1-2H3,(H,19,22)(H,20,23)/t11-/m0/s1. The van der Waals surface area contributed by atoms with E-state index in [0.29, 0.717) is 23.7 Å². The molecule has 2 aliphatic rings. The second kappa shape index (κ2) is 6.03. The smallest absolute Gasteiger partial charge is 0.270 e. The van der Waals surface area contributed by atoms with E-state index in [1.807, 2.05) is 26.0 Å². The summed E-state index contributed by atoms with van der Waals surface area (Å²) in [5.74, 6) is 0.766. The number of aromatic amines is 1. The summed E-state index contributed by atoms with van der Waals surface area (Å²) in [6, 6.07) is 3.88. The lowest BCUT2D eigenvalue weighted by Gasteiger charge is -2.28. The number of halogens is 1. The highest BCUT2D eigenvalue weighted by atomic mass is 79.9. The molecule has 2 aromatic rings. The number of ether oxygens (including phenoxy) is 2. The number of benzene rings is 1. The largest absolute Gasteiger partial charge is 0.467 e. The van der Waals surface area contributed by atoms with Crippen molar-refractivity contribution < 1.29 is 14.3 Å². The molecule has 1 amide bonds. The Kier molecular flexibility index (Phi) is 3.96. The van der Waals surface area contributed by atoms with Crippen LogP contribution in [0.2, 0.25) is 0 Å². The van der Waals surface area contributed by atoms with E-state index in [0.717, 1.165) is 15.6 Å². The highest BCUT2D eigenvalue weighted by Gasteiger charge is 2.35. The molecule has 0 unspecified atom stereocenters. The van der Waals surface area contributed by atoms with Crippen LogP contribution < -0.4 is 15.6 Å². The van der Waals surface area contributed by atoms with Crippen LogP contribution in [0.25, 0.3) is 0 Å². The van der Waals surface area contributed by atoms with Crippen LogP contribution in [0.4, 0.5) is 5.82 Å². The molecule has 7 nitrogen and oxygen atoms in total. The van der Waals surface area contributed by atoms with Gasteiger partial charge in [-0.3, -0.25) is 19.4 Å². The van der Waals surface area contributed by atoms with Gasteiger partial charge in [0.05, 0.1) is 12.2 Å². The summed E-state index contributed by atoms with van der Waals surface area (Å²) in [6.07, 6.45) is 0.200. The fourth-order valence-electron chi connectivity index (χ4n) is 3.50. The molecule has 1 aromatic heterocycles. The Bertz CT molecular complexity index is 915. The Hall–Kier alpha value is -2.06. The topological polar surface area (TPSA) is 85.4 Å². The maximum absolute atomic E-state index is 12.6. The van der Waals surface area contributed by atoms with Crippen LogP contribution in [0.3, 0.4) is 0 Å². The number of amides is 1. The SMILES string of the molecule is CC(C)n1[nH]c(=O)c2c1NC(=O)C[C@H]2c1cc(Br)cc2c1OCOC2. The Labute approximate surface area is 152 Å². The van der Waals surface area contributed by atoms with Crippen molar-refractivity contribution in [2.75, 3.05) is 12.1 Å². The summed E-state index contributed by atoms with van der Waals surface area (Å²) in [5, 5.41) is 5.68. The van der Waals surface area contributed by atoms with Gasteiger partial charge in [0.2, 0.25) is 5.91 Å². The van der Waals surface area contributed by atoms with Crippen LogP contribution in [0.5, 0.6) is 5.75 Å². The number of fused-ring (bicyclic) bond motifs is 2. The summed E-state index contributed by atoms with van der Waals surface area (Å²) in [5.41, 5.74) is 2.12. The first-order valence-electron chi connectivity index (χ1n) is 8.12. The predicted octanol–water partition coefficient (Wildman–Crippen LogP) is 2.86. The van der Waals surface area contributed by atoms with E-state index < -0.39 is 0 Å². The van der Waals surface area contributed by atoms with Crippen molar-refractivity contribution in [1.29, 1.82) is 0 Å². The molecule has 132 valence electrons. The number of aromatic nitrogens is 2. The van der Waals surface area contributed by atoms with E-state index in [-0.39, 0.29) is 36.6 Å². The third-order valence-electron chi connectivity index (χ3n) is 4.55. The first-order valence-corrected chi connectivity index (χ1v) is 8.92. The van der Waals surface area contributed by atoms with Gasteiger partial charge in [-0.1, -0.05) is 15.9 Å². The normalized spacial score (nSPS) is 19.2. The first-order chi connectivity index (χ1) is 12.0. The van der Waals surface area contributed by atoms with Gasteiger partial charge in [-0.25, -0.2) is 0 Å². The zero-order valence-corrected chi connectivity index (χ0v) is 15.5. The Morgan fingerprint density at radius 3 is 2.88 bits per heavy atom. The minimum absolute atomic E-state index is 0.0246. The predicted molar refractivity (Wildman–Crippen MR) is 95.0 cm³/mol. The number of hydrogen-bond donors (Lipinski definition) is 2. The van der Waals surface area contributed by atoms with Crippen LogP contribution in [-0.2, 0) is 16.1 Å². The summed E-state index contributed by atoms with van der Waals surface area (Å²) in [6.45, 7) is 4.51. The summed E-state index contributed by atoms with van der Waals surface area (Å²) < 4.78 is 13.6. The molecule has 4 rings (SSSR count). The summed E-state index contributed by atoms with van der Waals surface area (Å²) >= 11 is 3.51. The first kappa shape index (κ1) is 16.4. The van der Waals surface area contributed by atoms with Crippen LogP contribution >= 0.6 is 15.9 Å². The molecule has 0 radical (unpaired) electrons. The summed E-state index contributed by atoms with van der Waals surface area (Å²) in [4.78, 5) is 25.0. The van der Waals surface area contributed by atoms with E-state index in [9.17, 15) is 9.59 Å². The Morgan fingerprint density at radius 1 is 1.32 bits per heavy atom. The second-order valence-corrected chi connectivity index (χ2v) is 7.48. The molecule has 0 bridgehead atoms. The maximum Gasteiger partial charge on any atom is 0.270 e. The molecule has 0 aliphatic carbocycles. The number of anilines is 1. The zero-order valence-electron chi connectivity index (χ0n) is 13.9. The average Bonchev–Trinajstić information content (AvgIpc) is 2.90. The van der Waals surface area contributed by atoms with Crippen molar-refractivity contribution >= 4 is 27.7 Å². The lowest BCUT2D eigenvalue weighted by atomic mass is 9.85. The van der Waals surface area contributed by atoms with E-state index in [4.69, 9.17) is 9.47 Å². The number of carbonyl (C=O) groups excluding carboxylic acids is 1. The van der Waals surface area contributed by atoms with Gasteiger partial charge in [-0.2, -0.15) is 0 Å². The third-order valence-corrected chi connectivity index (χ3v) is 5.01. The molecule has 25 heavy (non-hydrogen) atoms. The van der Waals surface area contributed by atoms with Gasteiger partial charge in [0.15, 0.2) is 6.79 Å². The van der Waals surface area contributed by atoms with Gasteiger partial charge in [0.1, 0.15) is 11.6 Å². The third kappa shape index (κ3) is 2.69. The molecular weight excluding hydrogens is 390 g/mol. The molecule has 8 heteroatoms. The van der Waals surface area contributed by atoms with Gasteiger partial charge in [0, 0.05) is 34.0 Å². The molecule has 1 aromatic carbocycles. The number of nitrogens with one attached hydrogen (secondary N) is 2. The van der Waals surface area contributed by atoms with Crippen molar-refractivity contribution in [2.24, 2.45) is 0 Å². The fraction of sp³-hybridized carbons (Fsp3) is 0.412. The maximum atomic E-state index is 12.6. The van der Waals surface area contributed by atoms with Crippen molar-refractivity contribution in [3.8, 4) is 5.75 Å². The number of carbonyl (C=O) groups is 1. The summed E-state index contributed by atoms with van der Waals surface area (Å²) in [7, 11) is 0. The van der Waals surface area contributed by atoms with E-state index in [1.54, 1.807) is 4.68 Å². The Morgan fingerprint density at radius 2 is 2.12 bits per heavy atom. The van der Waals surface area contributed by atoms with Crippen molar-refractivity contribution in [2.45, 2.75) is 38.8 Å². The Balaban J connectivity index is 1.93. The minimum atomic E-state index is -0.364. The molecule has 0 saturated carbocycles. The van der Waals surface area contributed by atoms with Gasteiger partial charge in [-0.15, -0.1) is 0 Å². The van der Waals surface area contributed by atoms with Crippen LogP contribution in [-0.4, -0.2) is 22.5 Å². The fourth-order valence-corrected chi connectivity index (χ4v) is 4.03. The van der Waals surface area contributed by atoms with Crippen molar-refractivity contribution in [3.05, 3.63) is 43.6 Å². The van der Waals surface area contributed by atoms with Gasteiger partial charge in [0.25, 0.3) is 5.56 Å². The van der Waals surface area contributed by atoms with E-state index >= 15 is 0 Å². The lowest BCUT2D eigenvalue weighted by Crippen LogP contribution is -2.28. The van der Waals surface area contributed by atoms with Crippen LogP contribution in [0.1, 0.15) is 48.9 Å². The zero-order chi connectivity index (χ0) is 17.7. The minimum Gasteiger partial charge on any atom is -0.467 e. The highest BCUT2D eigenvalue weighted by molar-refractivity contribution is 9.10. The van der Waals surface area contributed by atoms with Gasteiger partial charge in [-0.05, 0) is 26.0 Å². The molecule has 3 heterocycles. The van der Waals surface area contributed by atoms with Gasteiger partial charge < -0.3 is 14.8 Å². The van der Waals surface area contributed by atoms with Gasteiger partial charge >= 0.3 is 0 Å². The van der Waals surface area contributed by atoms with E-state index in [1.165, 1.54) is 0 Å². The van der Waals surface area contributed by atoms with Crippen molar-refractivity contribution in [1.82, 2.24) is 9.78 Å². The average molecular weight is 408 g/mol. The van der Waals surface area contributed by atoms with Crippen LogP contribution in [0.15, 0.2) is 21.4 Å². The molecule has 1 atom stereocenters. The molecule has 0 fully saturated rings. The second-order valence-electron chi connectivity index (χ2n) is 6.57. The molecule has 0 saturated heterocycles. The highest BCUT2D eigenvalue weighted by Crippen LogP contribution is 2.43. The molecule has 0 spiro atoms. The molecular formula is C17H18BrN3O4. The molecule has 2 aliphatic heterocycles. The number of nitrogens with zero attached hydrogens (tertiary/aromatic N) is 1. The van der Waals surface area contributed by atoms with E-state index in [2.05, 4.69) is 26.3 Å². The number of hydrogen-bond acceptors (Lipinski definition) is 4. The van der Waals surface area contributed by atoms with Crippen molar-refractivity contribution in [3.63, 3.8) is 0 Å². The number of H-pyrrole nitrogens is 1.